The zero-order valence-corrected chi connectivity index (χ0v) is 48.3. The number of hydrogen-bond acceptors (Lipinski definition) is 13. The van der Waals surface area contributed by atoms with Crippen LogP contribution in [-0.2, 0) is 35.1 Å². The summed E-state index contributed by atoms with van der Waals surface area (Å²) in [7, 11) is 0. The van der Waals surface area contributed by atoms with Gasteiger partial charge in [0, 0.05) is 78.8 Å². The molecule has 2 saturated heterocycles. The predicted octanol–water partition coefficient (Wildman–Crippen LogP) is 9.97. The van der Waals surface area contributed by atoms with E-state index in [-0.39, 0.29) is 55.1 Å². The highest BCUT2D eigenvalue weighted by Gasteiger charge is 2.41. The normalized spacial score (nSPS) is 17.3. The number of hydrogen-bond donors (Lipinski definition) is 6. The lowest BCUT2D eigenvalue weighted by Crippen LogP contribution is -2.53. The molecule has 81 heavy (non-hydrogen) atoms. The first kappa shape index (κ1) is 61.9. The van der Waals surface area contributed by atoms with Gasteiger partial charge >= 0.3 is 0 Å². The van der Waals surface area contributed by atoms with Gasteiger partial charge in [-0.2, -0.15) is 0 Å². The van der Waals surface area contributed by atoms with Crippen LogP contribution in [0, 0.1) is 11.8 Å². The largest absolute Gasteiger partial charge is 0.494 e. The van der Waals surface area contributed by atoms with Crippen LogP contribution in [0.1, 0.15) is 167 Å². The van der Waals surface area contributed by atoms with Crippen molar-refractivity contribution in [2.45, 2.75) is 148 Å². The maximum atomic E-state index is 13.7. The highest BCUT2D eigenvalue weighted by Crippen LogP contribution is 2.38. The third kappa shape index (κ3) is 18.2. The minimum atomic E-state index is -0.705. The Balaban J connectivity index is 0.694. The predicted molar refractivity (Wildman–Crippen MR) is 316 cm³/mol. The van der Waals surface area contributed by atoms with Crippen LogP contribution in [0.15, 0.2) is 104 Å². The average Bonchev–Trinajstić information content (AvgIpc) is 3.84. The van der Waals surface area contributed by atoms with Crippen molar-refractivity contribution in [3.63, 3.8) is 0 Å². The fraction of sp³-hybridized carbons (Fsp3) is 0.531. The van der Waals surface area contributed by atoms with E-state index >= 15 is 0 Å². The minimum Gasteiger partial charge on any atom is -0.494 e. The first-order valence-corrected chi connectivity index (χ1v) is 29.7. The molecule has 0 spiro atoms. The molecule has 0 bridgehead atoms. The molecule has 17 heteroatoms. The van der Waals surface area contributed by atoms with Gasteiger partial charge in [-0.25, -0.2) is 0 Å². The fourth-order valence-electron chi connectivity index (χ4n) is 11.2. The Morgan fingerprint density at radius 1 is 0.765 bits per heavy atom. The molecule has 3 unspecified atom stereocenters. The van der Waals surface area contributed by atoms with E-state index < -0.39 is 17.5 Å². The standard InChI is InChI=1S/C64H88N8O9/c1-6-45(3)53(7-2)60(49-28-32-65-33-29-49)68-47(5)64(30-34-66-35-31-64)71-51-18-15-17-50(43-51)61(75)67-46(4)48-22-24-52(25-23-48)81-38-14-9-8-12-36-78-39-41-80-42-40-79-37-13-10-11-21-58(73)69-56-20-16-19-54-55(56)44-72(63(54)77)57-26-27-59(74)70-62(57)76/h15-20,22-25,28-29,32-33,43,45-46,53,57,60,66,68,71H,5-14,21,26-27,30-31,34-42,44H2,1-4H3,(H,67,75)(H,69,73)(H,70,74,76)/t45-,46-,53?,57?,60?/m1/s1. The van der Waals surface area contributed by atoms with E-state index in [4.69, 9.17) is 25.5 Å². The highest BCUT2D eigenvalue weighted by molar-refractivity contribution is 6.06. The second kappa shape index (κ2) is 32.1. The maximum Gasteiger partial charge on any atom is 0.255 e. The van der Waals surface area contributed by atoms with Gasteiger partial charge in [-0.3, -0.25) is 34.3 Å². The Labute approximate surface area is 479 Å². The Morgan fingerprint density at radius 2 is 1.43 bits per heavy atom. The van der Waals surface area contributed by atoms with Crippen molar-refractivity contribution in [1.29, 1.82) is 0 Å². The number of benzene rings is 3. The topological polar surface area (TPSA) is 211 Å². The number of unbranched alkanes of at least 4 members (excludes halogenated alkanes) is 5. The lowest BCUT2D eigenvalue weighted by atomic mass is 9.79. The molecular weight excluding hydrogens is 1020 g/mol. The molecule has 6 N–H and O–H groups in total. The number of amides is 5. The number of fused-ring (bicyclic) bond motifs is 1. The number of ether oxygens (including phenoxy) is 4. The summed E-state index contributed by atoms with van der Waals surface area (Å²) in [5.74, 6) is 0.414. The molecule has 4 heterocycles. The number of pyridine rings is 1. The van der Waals surface area contributed by atoms with Crippen molar-refractivity contribution >= 4 is 40.9 Å². The van der Waals surface area contributed by atoms with Gasteiger partial charge in [0.05, 0.1) is 50.7 Å². The summed E-state index contributed by atoms with van der Waals surface area (Å²) < 4.78 is 23.2. The summed E-state index contributed by atoms with van der Waals surface area (Å²) in [6.07, 6.45) is 14.8. The molecule has 5 amide bonds. The van der Waals surface area contributed by atoms with Crippen molar-refractivity contribution in [3.05, 3.63) is 131 Å². The number of carbonyl (C=O) groups excluding carboxylic acids is 5. The van der Waals surface area contributed by atoms with Gasteiger partial charge in [0.2, 0.25) is 17.7 Å². The molecule has 17 nitrogen and oxygen atoms in total. The van der Waals surface area contributed by atoms with Crippen molar-refractivity contribution in [2.75, 3.05) is 70.0 Å². The van der Waals surface area contributed by atoms with Crippen LogP contribution in [0.5, 0.6) is 5.75 Å². The summed E-state index contributed by atoms with van der Waals surface area (Å²) in [6, 6.07) is 24.3. The number of imide groups is 1. The van der Waals surface area contributed by atoms with Gasteiger partial charge in [-0.1, -0.05) is 77.3 Å². The van der Waals surface area contributed by atoms with Gasteiger partial charge in [0.25, 0.3) is 11.8 Å². The molecule has 5 atom stereocenters. The van der Waals surface area contributed by atoms with Gasteiger partial charge in [0.1, 0.15) is 11.8 Å². The van der Waals surface area contributed by atoms with E-state index in [0.29, 0.717) is 93.3 Å². The second-order valence-corrected chi connectivity index (χ2v) is 21.8. The third-order valence-corrected chi connectivity index (χ3v) is 16.2. The molecule has 0 saturated carbocycles. The average molecular weight is 1110 g/mol. The van der Waals surface area contributed by atoms with E-state index in [1.165, 1.54) is 10.5 Å². The maximum absolute atomic E-state index is 13.7. The Hall–Kier alpha value is -6.66. The molecule has 3 aromatic carbocycles. The quantitative estimate of drug-likeness (QED) is 0.0187. The smallest absolute Gasteiger partial charge is 0.255 e. The number of piperidine rings is 2. The minimum absolute atomic E-state index is 0.0947. The van der Waals surface area contributed by atoms with Crippen molar-refractivity contribution in [3.8, 4) is 5.75 Å². The van der Waals surface area contributed by atoms with Gasteiger partial charge in [-0.05, 0) is 149 Å². The van der Waals surface area contributed by atoms with Gasteiger partial charge < -0.3 is 50.4 Å². The van der Waals surface area contributed by atoms with Crippen LogP contribution < -0.4 is 36.6 Å². The van der Waals surface area contributed by atoms with Crippen molar-refractivity contribution in [1.82, 2.24) is 31.2 Å². The van der Waals surface area contributed by atoms with E-state index in [0.717, 1.165) is 100.0 Å². The molecular formula is C64H88N8O9. The first-order valence-electron chi connectivity index (χ1n) is 29.7. The van der Waals surface area contributed by atoms with E-state index in [9.17, 15) is 24.0 Å². The first-order chi connectivity index (χ1) is 39.4. The molecule has 3 aliphatic heterocycles. The molecule has 438 valence electrons. The molecule has 0 radical (unpaired) electrons. The molecule has 0 aliphatic carbocycles. The van der Waals surface area contributed by atoms with Gasteiger partial charge in [0.15, 0.2) is 0 Å². The van der Waals surface area contributed by atoms with Crippen LogP contribution in [0.3, 0.4) is 0 Å². The van der Waals surface area contributed by atoms with Crippen molar-refractivity contribution < 1.29 is 42.9 Å². The number of rotatable bonds is 35. The summed E-state index contributed by atoms with van der Waals surface area (Å²) >= 11 is 0. The summed E-state index contributed by atoms with van der Waals surface area (Å²) in [4.78, 5) is 69.3. The third-order valence-electron chi connectivity index (χ3n) is 16.2. The number of carbonyl (C=O) groups is 5. The molecule has 4 aromatic rings. The molecule has 1 aromatic heterocycles. The van der Waals surface area contributed by atoms with Crippen LogP contribution in [0.4, 0.5) is 11.4 Å². The Kier molecular flexibility index (Phi) is 24.6. The lowest BCUT2D eigenvalue weighted by Gasteiger charge is -2.44. The monoisotopic (exact) mass is 1110 g/mol. The lowest BCUT2D eigenvalue weighted by molar-refractivity contribution is -0.137. The molecule has 2 fully saturated rings. The Bertz CT molecular complexity index is 2660. The molecule has 3 aliphatic rings. The zero-order chi connectivity index (χ0) is 57.4. The second-order valence-electron chi connectivity index (χ2n) is 21.8. The van der Waals surface area contributed by atoms with Gasteiger partial charge in [-0.15, -0.1) is 0 Å². The van der Waals surface area contributed by atoms with Crippen molar-refractivity contribution in [2.24, 2.45) is 11.8 Å². The zero-order valence-electron chi connectivity index (χ0n) is 48.3. The number of nitrogens with zero attached hydrogens (tertiary/aromatic N) is 2. The fourth-order valence-corrected chi connectivity index (χ4v) is 11.2. The number of nitrogens with one attached hydrogen (secondary N) is 6. The van der Waals surface area contributed by atoms with Crippen LogP contribution in [0.2, 0.25) is 0 Å². The Morgan fingerprint density at radius 3 is 2.11 bits per heavy atom. The summed E-state index contributed by atoms with van der Waals surface area (Å²) in [6.45, 7) is 19.4. The van der Waals surface area contributed by atoms with E-state index in [1.807, 2.05) is 67.8 Å². The van der Waals surface area contributed by atoms with Crippen LogP contribution in [-0.4, -0.2) is 110 Å². The number of aromatic nitrogens is 1. The van der Waals surface area contributed by atoms with Crippen LogP contribution >= 0.6 is 0 Å². The number of anilines is 2. The van der Waals surface area contributed by atoms with Crippen LogP contribution in [0.25, 0.3) is 0 Å². The molecule has 7 rings (SSSR count). The highest BCUT2D eigenvalue weighted by atomic mass is 16.5. The SMILES string of the molecule is C=C(NC(c1ccncc1)C(CC)[C@H](C)CC)C1(Nc2cccc(C(=O)N[C@H](C)c3ccc(OCCCCCCOCCOCCOCCCCCC(=O)Nc4cccc5c4CN(C4CCC(=O)NC4=O)C5=O)cc3)c2)CCNCC1. The summed E-state index contributed by atoms with van der Waals surface area (Å²) in [5.41, 5.74) is 5.98. The van der Waals surface area contributed by atoms with E-state index in [2.05, 4.69) is 69.8 Å². The summed E-state index contributed by atoms with van der Waals surface area (Å²) in [5, 5.41) is 19.8. The van der Waals surface area contributed by atoms with E-state index in [1.54, 1.807) is 18.2 Å².